The molecule has 0 radical (unpaired) electrons. The number of benzene rings is 10. The Balaban J connectivity index is 0.985. The van der Waals surface area contributed by atoms with Crippen molar-refractivity contribution in [2.75, 3.05) is 4.90 Å². The van der Waals surface area contributed by atoms with E-state index in [4.69, 9.17) is 4.42 Å². The summed E-state index contributed by atoms with van der Waals surface area (Å²) in [4.78, 5) is 2.39. The lowest BCUT2D eigenvalue weighted by Crippen LogP contribution is -2.11. The van der Waals surface area contributed by atoms with Gasteiger partial charge in [0, 0.05) is 49.6 Å². The van der Waals surface area contributed by atoms with Crippen LogP contribution in [0.2, 0.25) is 0 Å². The summed E-state index contributed by atoms with van der Waals surface area (Å²) >= 11 is 0. The zero-order valence-corrected chi connectivity index (χ0v) is 33.2. The van der Waals surface area contributed by atoms with Crippen LogP contribution in [-0.4, -0.2) is 4.57 Å². The molecule has 0 saturated carbocycles. The third-order valence-corrected chi connectivity index (χ3v) is 12.2. The van der Waals surface area contributed by atoms with Gasteiger partial charge in [-0.05, 0) is 106 Å². The number of para-hydroxylation sites is 3. The van der Waals surface area contributed by atoms with Crippen LogP contribution in [0.4, 0.5) is 17.1 Å². The molecule has 0 aliphatic heterocycles. The Morgan fingerprint density at radius 2 is 0.967 bits per heavy atom. The fraction of sp³-hybridized carbons (Fsp3) is 0. The van der Waals surface area contributed by atoms with Crippen molar-refractivity contribution in [2.45, 2.75) is 0 Å². The Kier molecular flexibility index (Phi) is 8.17. The molecule has 0 unspecified atom stereocenters. The van der Waals surface area contributed by atoms with E-state index in [1.54, 1.807) is 0 Å². The molecule has 61 heavy (non-hydrogen) atoms. The molecule has 0 spiro atoms. The van der Waals surface area contributed by atoms with Gasteiger partial charge in [0.25, 0.3) is 0 Å². The predicted molar refractivity (Wildman–Crippen MR) is 257 cm³/mol. The second kappa shape index (κ2) is 14.3. The molecule has 0 fully saturated rings. The SMILES string of the molecule is c1ccc(-c2cccc(N(c3ccc(-c4cccc(-n5c6ccccc6c6ccccc65)c4)cc3)c3ccccc3-c3ccc4oc5c6ccccc6ccc5c4c3)c2)cc1. The molecule has 3 nitrogen and oxygen atoms in total. The summed E-state index contributed by atoms with van der Waals surface area (Å²) in [7, 11) is 0. The zero-order chi connectivity index (χ0) is 40.3. The fourth-order valence-electron chi connectivity index (χ4n) is 9.30. The molecule has 12 aromatic rings. The lowest BCUT2D eigenvalue weighted by Gasteiger charge is -2.28. The van der Waals surface area contributed by atoms with Crippen LogP contribution < -0.4 is 4.90 Å². The molecule has 286 valence electrons. The monoisotopic (exact) mass is 778 g/mol. The van der Waals surface area contributed by atoms with Crippen molar-refractivity contribution in [3.8, 4) is 39.1 Å². The van der Waals surface area contributed by atoms with Gasteiger partial charge >= 0.3 is 0 Å². The summed E-state index contributed by atoms with van der Waals surface area (Å²) in [6, 6.07) is 82.9. The van der Waals surface area contributed by atoms with Crippen LogP contribution in [0, 0.1) is 0 Å². The summed E-state index contributed by atoms with van der Waals surface area (Å²) in [6.45, 7) is 0. The largest absolute Gasteiger partial charge is 0.455 e. The van der Waals surface area contributed by atoms with E-state index in [0.29, 0.717) is 0 Å². The van der Waals surface area contributed by atoms with Crippen molar-refractivity contribution in [3.05, 3.63) is 231 Å². The summed E-state index contributed by atoms with van der Waals surface area (Å²) in [6.07, 6.45) is 0. The summed E-state index contributed by atoms with van der Waals surface area (Å²) < 4.78 is 8.91. The predicted octanol–water partition coefficient (Wildman–Crippen LogP) is 16.3. The van der Waals surface area contributed by atoms with E-state index in [-0.39, 0.29) is 0 Å². The molecular formula is C58H38N2O. The molecule has 2 aromatic heterocycles. The lowest BCUT2D eigenvalue weighted by molar-refractivity contribution is 0.672. The van der Waals surface area contributed by atoms with E-state index in [1.165, 1.54) is 32.8 Å². The fourth-order valence-corrected chi connectivity index (χ4v) is 9.30. The minimum Gasteiger partial charge on any atom is -0.455 e. The van der Waals surface area contributed by atoms with Crippen LogP contribution >= 0.6 is 0 Å². The Morgan fingerprint density at radius 1 is 0.344 bits per heavy atom. The number of fused-ring (bicyclic) bond motifs is 8. The van der Waals surface area contributed by atoms with Crippen LogP contribution in [0.15, 0.2) is 235 Å². The molecule has 3 heteroatoms. The first-order valence-electron chi connectivity index (χ1n) is 20.8. The van der Waals surface area contributed by atoms with E-state index < -0.39 is 0 Å². The highest BCUT2D eigenvalue weighted by Crippen LogP contribution is 2.44. The molecule has 2 heterocycles. The number of furan rings is 1. The first-order chi connectivity index (χ1) is 30.2. The minimum absolute atomic E-state index is 0.887. The van der Waals surface area contributed by atoms with E-state index >= 15 is 0 Å². The Morgan fingerprint density at radius 3 is 1.77 bits per heavy atom. The summed E-state index contributed by atoms with van der Waals surface area (Å²) in [5.41, 5.74) is 15.5. The van der Waals surface area contributed by atoms with Crippen molar-refractivity contribution >= 4 is 71.6 Å². The average Bonchev–Trinajstić information content (AvgIpc) is 3.88. The van der Waals surface area contributed by atoms with Gasteiger partial charge in [-0.25, -0.2) is 0 Å². The third kappa shape index (κ3) is 5.90. The second-order valence-corrected chi connectivity index (χ2v) is 15.7. The second-order valence-electron chi connectivity index (χ2n) is 15.7. The van der Waals surface area contributed by atoms with Crippen molar-refractivity contribution in [2.24, 2.45) is 0 Å². The number of aromatic nitrogens is 1. The molecule has 0 aliphatic carbocycles. The molecule has 12 rings (SSSR count). The highest BCUT2D eigenvalue weighted by Gasteiger charge is 2.20. The number of hydrogen-bond donors (Lipinski definition) is 0. The van der Waals surface area contributed by atoms with Gasteiger partial charge in [0.15, 0.2) is 0 Å². The van der Waals surface area contributed by atoms with Gasteiger partial charge in [-0.2, -0.15) is 0 Å². The molecule has 0 amide bonds. The van der Waals surface area contributed by atoms with Gasteiger partial charge in [0.1, 0.15) is 11.2 Å². The van der Waals surface area contributed by atoms with Gasteiger partial charge in [-0.3, -0.25) is 0 Å². The quantitative estimate of drug-likeness (QED) is 0.161. The van der Waals surface area contributed by atoms with Crippen LogP contribution in [0.5, 0.6) is 0 Å². The number of rotatable bonds is 7. The number of hydrogen-bond acceptors (Lipinski definition) is 2. The first kappa shape index (κ1) is 34.9. The van der Waals surface area contributed by atoms with Gasteiger partial charge in [-0.1, -0.05) is 158 Å². The van der Waals surface area contributed by atoms with Crippen LogP contribution in [0.1, 0.15) is 0 Å². The van der Waals surface area contributed by atoms with Gasteiger partial charge in [0.2, 0.25) is 0 Å². The van der Waals surface area contributed by atoms with Crippen molar-refractivity contribution < 1.29 is 4.42 Å². The molecule has 10 aromatic carbocycles. The van der Waals surface area contributed by atoms with E-state index in [9.17, 15) is 0 Å². The lowest BCUT2D eigenvalue weighted by atomic mass is 9.98. The highest BCUT2D eigenvalue weighted by atomic mass is 16.3. The molecule has 0 aliphatic rings. The first-order valence-corrected chi connectivity index (χ1v) is 20.8. The minimum atomic E-state index is 0.887. The summed E-state index contributed by atoms with van der Waals surface area (Å²) in [5, 5.41) is 7.06. The topological polar surface area (TPSA) is 21.3 Å². The molecule has 0 N–H and O–H groups in total. The smallest absolute Gasteiger partial charge is 0.143 e. The average molecular weight is 779 g/mol. The van der Waals surface area contributed by atoms with Gasteiger partial charge < -0.3 is 13.9 Å². The van der Waals surface area contributed by atoms with Crippen molar-refractivity contribution in [3.63, 3.8) is 0 Å². The normalized spacial score (nSPS) is 11.6. The molecule has 0 atom stereocenters. The van der Waals surface area contributed by atoms with E-state index in [0.717, 1.165) is 77.9 Å². The third-order valence-electron chi connectivity index (χ3n) is 12.2. The van der Waals surface area contributed by atoms with Gasteiger partial charge in [-0.15, -0.1) is 0 Å². The molecular weight excluding hydrogens is 741 g/mol. The Hall–Kier alpha value is -8.14. The Labute approximate surface area is 353 Å². The maximum atomic E-state index is 6.53. The van der Waals surface area contributed by atoms with Crippen LogP contribution in [0.25, 0.3) is 93.6 Å². The Bertz CT molecular complexity index is 3540. The number of anilines is 3. The van der Waals surface area contributed by atoms with Crippen molar-refractivity contribution in [1.29, 1.82) is 0 Å². The van der Waals surface area contributed by atoms with Crippen LogP contribution in [0.3, 0.4) is 0 Å². The maximum absolute atomic E-state index is 6.53. The van der Waals surface area contributed by atoms with E-state index in [2.05, 4.69) is 240 Å². The highest BCUT2D eigenvalue weighted by molar-refractivity contribution is 6.16. The summed E-state index contributed by atoms with van der Waals surface area (Å²) in [5.74, 6) is 0. The molecule has 0 bridgehead atoms. The van der Waals surface area contributed by atoms with Gasteiger partial charge in [0.05, 0.1) is 16.7 Å². The zero-order valence-electron chi connectivity index (χ0n) is 33.2. The molecule has 0 saturated heterocycles. The number of nitrogens with zero attached hydrogens (tertiary/aromatic N) is 2. The van der Waals surface area contributed by atoms with Crippen LogP contribution in [-0.2, 0) is 0 Å². The standard InChI is InChI=1S/C58H38N2O/c1-2-14-39(15-3-1)42-17-12-19-46(36-42)59(54-25-9-6-21-48(54)44-31-35-57-53(38-44)52-34-30-41-16-4-5-22-49(41)58(52)61-57)45-32-28-40(29-33-45)43-18-13-20-47(37-43)60-55-26-10-7-23-50(55)51-24-8-11-27-56(51)60/h1-38H. The maximum Gasteiger partial charge on any atom is 0.143 e. The van der Waals surface area contributed by atoms with Crippen molar-refractivity contribution in [1.82, 2.24) is 4.57 Å². The van der Waals surface area contributed by atoms with E-state index in [1.807, 2.05) is 0 Å².